The lowest BCUT2D eigenvalue weighted by Crippen LogP contribution is -2.03. The van der Waals surface area contributed by atoms with Crippen LogP contribution in [0.5, 0.6) is 0 Å². The van der Waals surface area contributed by atoms with Crippen LogP contribution in [0.1, 0.15) is 58.9 Å². The van der Waals surface area contributed by atoms with Crippen LogP contribution in [-0.4, -0.2) is 23.2 Å². The van der Waals surface area contributed by atoms with Crippen LogP contribution in [0.4, 0.5) is 0 Å². The highest BCUT2D eigenvalue weighted by Gasteiger charge is 2.06. The van der Waals surface area contributed by atoms with E-state index in [-0.39, 0.29) is 0 Å². The minimum atomic E-state index is 0.372. The molecule has 0 spiro atoms. The molecular formula is C26H38N2O2. The quantitative estimate of drug-likeness (QED) is 0.455. The number of benzene rings is 2. The van der Waals surface area contributed by atoms with Gasteiger partial charge in [-0.25, -0.2) is 4.98 Å². The zero-order valence-electron chi connectivity index (χ0n) is 19.0. The number of aliphatic hydroxyl groups excluding tert-OH is 1. The first kappa shape index (κ1) is 25.6. The van der Waals surface area contributed by atoms with Gasteiger partial charge in [0.25, 0.3) is 0 Å². The highest BCUT2D eigenvalue weighted by molar-refractivity contribution is 5.76. The molecule has 3 N–H and O–H groups in total. The Morgan fingerprint density at radius 1 is 1.07 bits per heavy atom. The van der Waals surface area contributed by atoms with Gasteiger partial charge < -0.3 is 15.3 Å². The van der Waals surface area contributed by atoms with Crippen molar-refractivity contribution < 1.29 is 9.52 Å². The van der Waals surface area contributed by atoms with Gasteiger partial charge in [0.05, 0.1) is 0 Å². The van der Waals surface area contributed by atoms with Crippen molar-refractivity contribution in [3.05, 3.63) is 60.2 Å². The number of para-hydroxylation sites is 2. The van der Waals surface area contributed by atoms with Gasteiger partial charge in [-0.15, -0.1) is 0 Å². The van der Waals surface area contributed by atoms with E-state index in [0.717, 1.165) is 29.6 Å². The minimum absolute atomic E-state index is 0.372. The van der Waals surface area contributed by atoms with Crippen LogP contribution in [0, 0.1) is 5.92 Å². The van der Waals surface area contributed by atoms with Crippen molar-refractivity contribution in [2.24, 2.45) is 11.7 Å². The first-order valence-corrected chi connectivity index (χ1v) is 11.0. The molecule has 1 heterocycles. The van der Waals surface area contributed by atoms with Crippen LogP contribution in [-0.2, 0) is 0 Å². The van der Waals surface area contributed by atoms with Gasteiger partial charge >= 0.3 is 0 Å². The maximum absolute atomic E-state index is 8.75. The number of nitrogens with zero attached hydrogens (tertiary/aromatic N) is 1. The van der Waals surface area contributed by atoms with Crippen LogP contribution in [0.3, 0.4) is 0 Å². The molecule has 0 aliphatic heterocycles. The summed E-state index contributed by atoms with van der Waals surface area (Å²) < 4.78 is 5.72. The molecule has 0 fully saturated rings. The van der Waals surface area contributed by atoms with Crippen molar-refractivity contribution in [1.29, 1.82) is 0 Å². The molecule has 4 heteroatoms. The summed E-state index contributed by atoms with van der Waals surface area (Å²) in [5.41, 5.74) is 8.74. The van der Waals surface area contributed by atoms with Gasteiger partial charge in [0.1, 0.15) is 5.52 Å². The van der Waals surface area contributed by atoms with E-state index in [1.165, 1.54) is 24.8 Å². The van der Waals surface area contributed by atoms with Crippen molar-refractivity contribution >= 4 is 17.2 Å². The second-order valence-corrected chi connectivity index (χ2v) is 7.12. The van der Waals surface area contributed by atoms with E-state index in [0.29, 0.717) is 18.4 Å². The van der Waals surface area contributed by atoms with E-state index in [1.54, 1.807) is 0 Å². The predicted octanol–water partition coefficient (Wildman–Crippen LogP) is 6.69. The zero-order valence-corrected chi connectivity index (χ0v) is 19.0. The van der Waals surface area contributed by atoms with E-state index < -0.39 is 0 Å². The highest BCUT2D eigenvalue weighted by atomic mass is 16.3. The third kappa shape index (κ3) is 8.93. The van der Waals surface area contributed by atoms with Crippen LogP contribution >= 0.6 is 0 Å². The fraction of sp³-hybridized carbons (Fsp3) is 0.423. The maximum atomic E-state index is 8.75. The molecule has 1 aromatic heterocycles. The number of aromatic nitrogens is 1. The molecule has 3 rings (SSSR count). The largest absolute Gasteiger partial charge is 0.436 e. The summed E-state index contributed by atoms with van der Waals surface area (Å²) in [5, 5.41) is 8.75. The van der Waals surface area contributed by atoms with Gasteiger partial charge in [-0.1, -0.05) is 76.5 Å². The number of hydrogen-bond donors (Lipinski definition) is 2. The van der Waals surface area contributed by atoms with Gasteiger partial charge in [0, 0.05) is 12.2 Å². The normalized spacial score (nSPS) is 11.5. The molecule has 0 aliphatic carbocycles. The van der Waals surface area contributed by atoms with E-state index in [2.05, 4.69) is 37.0 Å². The average molecular weight is 411 g/mol. The molecule has 164 valence electrons. The lowest BCUT2D eigenvalue weighted by Gasteiger charge is -2.08. The maximum Gasteiger partial charge on any atom is 0.227 e. The summed E-state index contributed by atoms with van der Waals surface area (Å²) in [5.74, 6) is 1.23. The summed E-state index contributed by atoms with van der Waals surface area (Å²) in [7, 11) is 0. The van der Waals surface area contributed by atoms with Gasteiger partial charge in [0.15, 0.2) is 5.58 Å². The summed E-state index contributed by atoms with van der Waals surface area (Å²) in [6.45, 7) is 9.35. The molecule has 0 saturated heterocycles. The van der Waals surface area contributed by atoms with E-state index in [4.69, 9.17) is 15.3 Å². The van der Waals surface area contributed by atoms with Gasteiger partial charge in [-0.05, 0) is 55.6 Å². The first-order chi connectivity index (χ1) is 14.6. The second-order valence-electron chi connectivity index (χ2n) is 7.12. The van der Waals surface area contributed by atoms with Gasteiger partial charge in [-0.2, -0.15) is 0 Å². The van der Waals surface area contributed by atoms with Gasteiger partial charge in [-0.3, -0.25) is 0 Å². The zero-order chi connectivity index (χ0) is 22.2. The number of nitrogens with two attached hydrogens (primary N) is 1. The lowest BCUT2D eigenvalue weighted by atomic mass is 10.0. The number of aliphatic hydroxyl groups is 1. The fourth-order valence-corrected chi connectivity index (χ4v) is 2.84. The predicted molar refractivity (Wildman–Crippen MR) is 129 cm³/mol. The number of allylic oxidation sites excluding steroid dienone is 1. The molecule has 1 unspecified atom stereocenters. The Balaban J connectivity index is 0.000000318. The van der Waals surface area contributed by atoms with E-state index >= 15 is 0 Å². The van der Waals surface area contributed by atoms with E-state index in [9.17, 15) is 0 Å². The Kier molecular flexibility index (Phi) is 13.2. The van der Waals surface area contributed by atoms with Crippen molar-refractivity contribution in [2.75, 3.05) is 13.2 Å². The summed E-state index contributed by atoms with van der Waals surface area (Å²) in [6, 6.07) is 16.0. The van der Waals surface area contributed by atoms with E-state index in [1.807, 2.05) is 56.3 Å². The Labute approximate surface area is 181 Å². The third-order valence-corrected chi connectivity index (χ3v) is 4.61. The number of fused-ring (bicyclic) bond motifs is 1. The minimum Gasteiger partial charge on any atom is -0.436 e. The molecule has 0 radical (unpaired) electrons. The number of rotatable bonds is 7. The Hall–Kier alpha value is -2.43. The molecule has 0 amide bonds. The smallest absolute Gasteiger partial charge is 0.227 e. The monoisotopic (exact) mass is 410 g/mol. The molecule has 0 saturated carbocycles. The van der Waals surface area contributed by atoms with Crippen molar-refractivity contribution in [1.82, 2.24) is 4.98 Å². The molecule has 3 aromatic rings. The SMILES string of the molecule is C/C=C\c1ccc(-c2nc3ccccc3o2)cc1.CCCCC(CC)CO.CCN. The van der Waals surface area contributed by atoms with Crippen molar-refractivity contribution in [2.45, 2.75) is 53.4 Å². The summed E-state index contributed by atoms with van der Waals surface area (Å²) in [4.78, 5) is 4.47. The van der Waals surface area contributed by atoms with Crippen LogP contribution < -0.4 is 5.73 Å². The Morgan fingerprint density at radius 2 is 1.73 bits per heavy atom. The molecule has 0 aliphatic rings. The van der Waals surface area contributed by atoms with Crippen molar-refractivity contribution in [3.8, 4) is 11.5 Å². The lowest BCUT2D eigenvalue weighted by molar-refractivity contribution is 0.212. The topological polar surface area (TPSA) is 72.3 Å². The number of oxazole rings is 1. The number of hydrogen-bond acceptors (Lipinski definition) is 4. The molecule has 2 aromatic carbocycles. The second kappa shape index (κ2) is 15.4. The number of unbranched alkanes of at least 4 members (excludes halogenated alkanes) is 1. The molecule has 1 atom stereocenters. The highest BCUT2D eigenvalue weighted by Crippen LogP contribution is 2.24. The molecule has 0 bridgehead atoms. The summed E-state index contributed by atoms with van der Waals surface area (Å²) in [6.07, 6.45) is 8.92. The van der Waals surface area contributed by atoms with Crippen LogP contribution in [0.25, 0.3) is 28.6 Å². The molecule has 4 nitrogen and oxygen atoms in total. The van der Waals surface area contributed by atoms with Crippen LogP contribution in [0.2, 0.25) is 0 Å². The Morgan fingerprint density at radius 3 is 2.27 bits per heavy atom. The molecular weight excluding hydrogens is 372 g/mol. The Bertz CT molecular complexity index is 801. The third-order valence-electron chi connectivity index (χ3n) is 4.61. The summed E-state index contributed by atoms with van der Waals surface area (Å²) >= 11 is 0. The van der Waals surface area contributed by atoms with Gasteiger partial charge in [0.2, 0.25) is 5.89 Å². The average Bonchev–Trinajstić information content (AvgIpc) is 3.21. The molecule has 30 heavy (non-hydrogen) atoms. The van der Waals surface area contributed by atoms with Crippen molar-refractivity contribution in [3.63, 3.8) is 0 Å². The van der Waals surface area contributed by atoms with Crippen LogP contribution in [0.15, 0.2) is 59.0 Å². The standard InChI is InChI=1S/C16H13NO.C8H18O.C2H7N/c1-2-5-12-8-10-13(11-9-12)16-17-14-6-3-4-7-15(14)18-16;1-3-5-6-8(4-2)7-9;1-2-3/h2-11H,1H3;8-9H,3-7H2,1-2H3;2-3H2,1H3/b5-2-;;. The first-order valence-electron chi connectivity index (χ1n) is 11.0. The fourth-order valence-electron chi connectivity index (χ4n) is 2.84.